The topological polar surface area (TPSA) is 105 Å². The van der Waals surface area contributed by atoms with Crippen LogP contribution in [0.2, 0.25) is 5.02 Å². The first-order chi connectivity index (χ1) is 16.4. The van der Waals surface area contributed by atoms with E-state index in [1.54, 1.807) is 35.2 Å². The molecule has 10 heteroatoms. The summed E-state index contributed by atoms with van der Waals surface area (Å²) in [5.41, 5.74) is 0.872. The molecule has 2 heterocycles. The predicted molar refractivity (Wildman–Crippen MR) is 126 cm³/mol. The molecule has 0 aliphatic heterocycles. The molecule has 0 fully saturated rings. The Morgan fingerprint density at radius 3 is 2.74 bits per heavy atom. The van der Waals surface area contributed by atoms with Gasteiger partial charge in [0.15, 0.2) is 0 Å². The lowest BCUT2D eigenvalue weighted by Gasteiger charge is -2.21. The zero-order valence-electron chi connectivity index (χ0n) is 18.6. The number of aromatic nitrogens is 4. The largest absolute Gasteiger partial charge is 0.339 e. The molecular weight excluding hydrogens is 461 g/mol. The Morgan fingerprint density at radius 1 is 1.18 bits per heavy atom. The van der Waals surface area contributed by atoms with E-state index in [-0.39, 0.29) is 30.2 Å². The van der Waals surface area contributed by atoms with Crippen LogP contribution in [-0.4, -0.2) is 37.5 Å². The number of benzene rings is 2. The average molecular weight is 484 g/mol. The first kappa shape index (κ1) is 23.6. The number of fused-ring (bicyclic) bond motifs is 1. The second kappa shape index (κ2) is 10.6. The summed E-state index contributed by atoms with van der Waals surface area (Å²) in [7, 11) is 0. The molecule has 0 bridgehead atoms. The van der Waals surface area contributed by atoms with Crippen LogP contribution in [0.1, 0.15) is 37.9 Å². The fraction of sp³-hybridized carbons (Fsp3) is 0.292. The third kappa shape index (κ3) is 5.66. The van der Waals surface area contributed by atoms with Gasteiger partial charge in [0.25, 0.3) is 5.56 Å². The molecular formula is C24H23ClFN5O3. The summed E-state index contributed by atoms with van der Waals surface area (Å²) in [6.45, 7) is 2.71. The van der Waals surface area contributed by atoms with Crippen molar-refractivity contribution in [3.63, 3.8) is 0 Å². The number of carbonyl (C=O) groups excluding carboxylic acids is 1. The summed E-state index contributed by atoms with van der Waals surface area (Å²) >= 11 is 6.03. The molecule has 1 amide bonds. The number of aromatic amines is 1. The van der Waals surface area contributed by atoms with Gasteiger partial charge >= 0.3 is 0 Å². The van der Waals surface area contributed by atoms with Crippen LogP contribution in [0.4, 0.5) is 4.39 Å². The van der Waals surface area contributed by atoms with Crippen LogP contribution >= 0.6 is 11.6 Å². The van der Waals surface area contributed by atoms with E-state index in [1.807, 2.05) is 6.92 Å². The van der Waals surface area contributed by atoms with Crippen molar-refractivity contribution >= 4 is 28.4 Å². The van der Waals surface area contributed by atoms with Crippen molar-refractivity contribution < 1.29 is 13.7 Å². The average Bonchev–Trinajstić information content (AvgIpc) is 3.28. The van der Waals surface area contributed by atoms with E-state index < -0.39 is 0 Å². The zero-order valence-corrected chi connectivity index (χ0v) is 19.3. The number of halogens is 2. The minimum atomic E-state index is -0.339. The van der Waals surface area contributed by atoms with Crippen LogP contribution in [-0.2, 0) is 17.8 Å². The zero-order chi connectivity index (χ0) is 24.1. The molecule has 0 unspecified atom stereocenters. The lowest BCUT2D eigenvalue weighted by Crippen LogP contribution is -2.32. The molecule has 0 atom stereocenters. The fourth-order valence-electron chi connectivity index (χ4n) is 3.60. The molecule has 0 aliphatic rings. The number of aryl methyl sites for hydroxylation is 1. The van der Waals surface area contributed by atoms with E-state index >= 15 is 0 Å². The maximum absolute atomic E-state index is 13.1. The third-order valence-electron chi connectivity index (χ3n) is 5.26. The molecule has 176 valence electrons. The minimum absolute atomic E-state index is 0.0611. The Bertz CT molecular complexity index is 1350. The summed E-state index contributed by atoms with van der Waals surface area (Å²) in [6.07, 6.45) is 1.99. The molecule has 0 aliphatic carbocycles. The van der Waals surface area contributed by atoms with Crippen LogP contribution in [0.15, 0.2) is 51.8 Å². The number of rotatable bonds is 9. The SMILES string of the molecule is CCCN(Cc1nc2cc(Cl)ccc2c(=O)[nH]1)C(=O)CCCc1nc(-c2ccc(F)cc2)no1. The normalized spacial score (nSPS) is 11.1. The number of nitrogens with one attached hydrogen (secondary N) is 1. The fourth-order valence-corrected chi connectivity index (χ4v) is 3.77. The highest BCUT2D eigenvalue weighted by atomic mass is 35.5. The van der Waals surface area contributed by atoms with Crippen LogP contribution in [0.25, 0.3) is 22.3 Å². The summed E-state index contributed by atoms with van der Waals surface area (Å²) in [4.78, 5) is 38.5. The summed E-state index contributed by atoms with van der Waals surface area (Å²) in [5, 5.41) is 4.85. The quantitative estimate of drug-likeness (QED) is 0.375. The van der Waals surface area contributed by atoms with Gasteiger partial charge in [-0.3, -0.25) is 9.59 Å². The molecule has 0 radical (unpaired) electrons. The Labute approximate surface area is 199 Å². The molecule has 34 heavy (non-hydrogen) atoms. The van der Waals surface area contributed by atoms with Crippen molar-refractivity contribution in [2.45, 2.75) is 39.2 Å². The van der Waals surface area contributed by atoms with Gasteiger partial charge in [0.2, 0.25) is 17.6 Å². The van der Waals surface area contributed by atoms with Crippen molar-refractivity contribution in [3.8, 4) is 11.4 Å². The van der Waals surface area contributed by atoms with E-state index in [0.29, 0.717) is 58.4 Å². The Morgan fingerprint density at radius 2 is 1.97 bits per heavy atom. The van der Waals surface area contributed by atoms with E-state index in [2.05, 4.69) is 20.1 Å². The summed E-state index contributed by atoms with van der Waals surface area (Å²) in [6, 6.07) is 10.7. The van der Waals surface area contributed by atoms with Gasteiger partial charge in [-0.15, -0.1) is 0 Å². The van der Waals surface area contributed by atoms with Gasteiger partial charge in [-0.05, 0) is 55.3 Å². The van der Waals surface area contributed by atoms with Crippen molar-refractivity contribution in [1.29, 1.82) is 0 Å². The maximum Gasteiger partial charge on any atom is 0.258 e. The van der Waals surface area contributed by atoms with Crippen molar-refractivity contribution in [2.75, 3.05) is 6.54 Å². The first-order valence-corrected chi connectivity index (χ1v) is 11.4. The molecule has 2 aromatic carbocycles. The molecule has 1 N–H and O–H groups in total. The van der Waals surface area contributed by atoms with E-state index in [1.165, 1.54) is 12.1 Å². The lowest BCUT2D eigenvalue weighted by atomic mass is 10.2. The van der Waals surface area contributed by atoms with Crippen molar-refractivity contribution in [2.24, 2.45) is 0 Å². The van der Waals surface area contributed by atoms with Gasteiger partial charge in [-0.1, -0.05) is 23.7 Å². The van der Waals surface area contributed by atoms with Crippen LogP contribution in [0, 0.1) is 5.82 Å². The highest BCUT2D eigenvalue weighted by molar-refractivity contribution is 6.31. The Kier molecular flexibility index (Phi) is 7.32. The number of amides is 1. The summed E-state index contributed by atoms with van der Waals surface area (Å²) in [5.74, 6) is 0.790. The molecule has 0 saturated carbocycles. The highest BCUT2D eigenvalue weighted by Gasteiger charge is 2.16. The number of carbonyl (C=O) groups is 1. The van der Waals surface area contributed by atoms with Crippen LogP contribution < -0.4 is 5.56 Å². The minimum Gasteiger partial charge on any atom is -0.339 e. The van der Waals surface area contributed by atoms with Crippen molar-refractivity contribution in [1.82, 2.24) is 25.0 Å². The van der Waals surface area contributed by atoms with E-state index in [9.17, 15) is 14.0 Å². The molecule has 2 aromatic heterocycles. The number of hydrogen-bond acceptors (Lipinski definition) is 6. The maximum atomic E-state index is 13.1. The number of H-pyrrole nitrogens is 1. The standard InChI is InChI=1S/C24H23ClFN5O3/c1-2-12-31(14-20-27-19-13-16(25)8-11-18(19)24(33)28-20)22(32)5-3-4-21-29-23(30-34-21)15-6-9-17(26)10-7-15/h6-11,13H,2-5,12,14H2,1H3,(H,27,28,33). The smallest absolute Gasteiger partial charge is 0.258 e. The molecule has 4 aromatic rings. The van der Waals surface area contributed by atoms with E-state index in [4.69, 9.17) is 16.1 Å². The molecule has 0 saturated heterocycles. The number of hydrogen-bond donors (Lipinski definition) is 1. The van der Waals surface area contributed by atoms with Crippen LogP contribution in [0.3, 0.4) is 0 Å². The van der Waals surface area contributed by atoms with Gasteiger partial charge < -0.3 is 14.4 Å². The van der Waals surface area contributed by atoms with E-state index in [0.717, 1.165) is 6.42 Å². The Hall–Kier alpha value is -3.59. The second-order valence-corrected chi connectivity index (χ2v) is 8.30. The monoisotopic (exact) mass is 483 g/mol. The van der Waals surface area contributed by atoms with Gasteiger partial charge in [-0.2, -0.15) is 4.98 Å². The van der Waals surface area contributed by atoms with Crippen LogP contribution in [0.5, 0.6) is 0 Å². The lowest BCUT2D eigenvalue weighted by molar-refractivity contribution is -0.132. The molecule has 0 spiro atoms. The number of nitrogens with zero attached hydrogens (tertiary/aromatic N) is 4. The predicted octanol–water partition coefficient (Wildman–Crippen LogP) is 4.53. The van der Waals surface area contributed by atoms with Gasteiger partial charge in [0, 0.05) is 30.0 Å². The molecule has 8 nitrogen and oxygen atoms in total. The van der Waals surface area contributed by atoms with Gasteiger partial charge in [0.05, 0.1) is 17.4 Å². The highest BCUT2D eigenvalue weighted by Crippen LogP contribution is 2.18. The molecule has 4 rings (SSSR count). The Balaban J connectivity index is 1.37. The first-order valence-electron chi connectivity index (χ1n) is 11.0. The van der Waals surface area contributed by atoms with Gasteiger partial charge in [0.1, 0.15) is 11.6 Å². The van der Waals surface area contributed by atoms with Gasteiger partial charge in [-0.25, -0.2) is 9.37 Å². The van der Waals surface area contributed by atoms with Crippen molar-refractivity contribution in [3.05, 3.63) is 75.4 Å². The second-order valence-electron chi connectivity index (χ2n) is 7.86. The third-order valence-corrected chi connectivity index (χ3v) is 5.49. The summed E-state index contributed by atoms with van der Waals surface area (Å²) < 4.78 is 18.3.